The molecule has 0 aromatic rings. The Kier molecular flexibility index (Phi) is 47.2. The summed E-state index contributed by atoms with van der Waals surface area (Å²) in [4.78, 5) is 35.6. The number of hydrogen-bond donors (Lipinski definition) is 1. The molecular formula is C58H103NO8P+. The van der Waals surface area contributed by atoms with Gasteiger partial charge in [-0.05, 0) is 89.9 Å². The minimum atomic E-state index is -4.40. The number of unbranched alkanes of at least 4 members (excludes halogenated alkanes) is 21. The fourth-order valence-corrected chi connectivity index (χ4v) is 7.93. The van der Waals surface area contributed by atoms with Gasteiger partial charge in [-0.1, -0.05) is 202 Å². The number of hydrogen-bond acceptors (Lipinski definition) is 7. The lowest BCUT2D eigenvalue weighted by Crippen LogP contribution is -2.37. The molecule has 392 valence electrons. The summed E-state index contributed by atoms with van der Waals surface area (Å²) in [6.07, 6.45) is 65.0. The lowest BCUT2D eigenvalue weighted by atomic mass is 10.1. The Morgan fingerprint density at radius 1 is 0.471 bits per heavy atom. The number of rotatable bonds is 49. The molecule has 0 aliphatic rings. The number of carbonyl (C=O) groups is 2. The first-order valence-electron chi connectivity index (χ1n) is 27.3. The molecule has 0 aliphatic heterocycles. The molecule has 0 saturated heterocycles. The fraction of sp³-hybridized carbons (Fsp3) is 0.724. The van der Waals surface area contributed by atoms with Gasteiger partial charge in [0.2, 0.25) is 0 Å². The van der Waals surface area contributed by atoms with Crippen LogP contribution in [0.1, 0.15) is 219 Å². The van der Waals surface area contributed by atoms with Crippen molar-refractivity contribution in [1.29, 1.82) is 0 Å². The van der Waals surface area contributed by atoms with E-state index in [-0.39, 0.29) is 32.0 Å². The van der Waals surface area contributed by atoms with Gasteiger partial charge in [0.05, 0.1) is 27.7 Å². The fourth-order valence-electron chi connectivity index (χ4n) is 7.19. The third-order valence-corrected chi connectivity index (χ3v) is 12.4. The SMILES string of the molecule is CC/C=C\C/C=C\C/C=C\C/C=C\C/C=C\C/C=C\CCCCCCC(=O)OC(COC(=O)CCCCCCCCCCC/C=C\CCCCCCCCCC)COP(=O)(O)OCC[N+](C)(C)C. The van der Waals surface area contributed by atoms with E-state index in [2.05, 4.69) is 98.9 Å². The second-order valence-corrected chi connectivity index (χ2v) is 20.7. The van der Waals surface area contributed by atoms with Gasteiger partial charge in [-0.3, -0.25) is 18.6 Å². The highest BCUT2D eigenvalue weighted by molar-refractivity contribution is 7.47. The number of phosphoric acid groups is 1. The first kappa shape index (κ1) is 65.2. The molecule has 0 aromatic heterocycles. The Hall–Kier alpha value is -2.81. The molecule has 0 aromatic carbocycles. The Balaban J connectivity index is 4.29. The van der Waals surface area contributed by atoms with Crippen LogP contribution in [0.3, 0.4) is 0 Å². The van der Waals surface area contributed by atoms with Crippen LogP contribution in [0.2, 0.25) is 0 Å². The minimum Gasteiger partial charge on any atom is -0.462 e. The van der Waals surface area contributed by atoms with Crippen molar-refractivity contribution in [3.05, 3.63) is 85.1 Å². The van der Waals surface area contributed by atoms with Gasteiger partial charge in [0, 0.05) is 12.8 Å². The lowest BCUT2D eigenvalue weighted by Gasteiger charge is -2.24. The molecule has 2 atom stereocenters. The first-order valence-corrected chi connectivity index (χ1v) is 28.8. The van der Waals surface area contributed by atoms with Gasteiger partial charge >= 0.3 is 19.8 Å². The predicted molar refractivity (Wildman–Crippen MR) is 289 cm³/mol. The van der Waals surface area contributed by atoms with Gasteiger partial charge < -0.3 is 18.9 Å². The van der Waals surface area contributed by atoms with Crippen LogP contribution in [0.4, 0.5) is 0 Å². The van der Waals surface area contributed by atoms with Crippen LogP contribution in [0.15, 0.2) is 85.1 Å². The third-order valence-electron chi connectivity index (χ3n) is 11.4. The van der Waals surface area contributed by atoms with E-state index in [4.69, 9.17) is 18.5 Å². The van der Waals surface area contributed by atoms with Crippen molar-refractivity contribution in [2.75, 3.05) is 47.5 Å². The monoisotopic (exact) mass is 973 g/mol. The number of nitrogens with zero attached hydrogens (tertiary/aromatic N) is 1. The summed E-state index contributed by atoms with van der Waals surface area (Å²) in [5.41, 5.74) is 0. The Labute approximate surface area is 418 Å². The van der Waals surface area contributed by atoms with Crippen LogP contribution < -0.4 is 0 Å². The molecule has 0 spiro atoms. The second-order valence-electron chi connectivity index (χ2n) is 19.2. The van der Waals surface area contributed by atoms with E-state index < -0.39 is 26.5 Å². The molecule has 0 radical (unpaired) electrons. The van der Waals surface area contributed by atoms with Gasteiger partial charge in [0.15, 0.2) is 6.10 Å². The molecular weight excluding hydrogens is 870 g/mol. The van der Waals surface area contributed by atoms with Gasteiger partial charge in [-0.25, -0.2) is 4.57 Å². The van der Waals surface area contributed by atoms with E-state index in [0.717, 1.165) is 83.5 Å². The minimum absolute atomic E-state index is 0.0220. The standard InChI is InChI=1S/C58H102NO8P/c1-6-8-10-12-14-16-18-20-22-24-26-28-29-31-33-35-37-39-41-43-45-47-49-51-58(61)67-56(55-66-68(62,63)65-53-52-59(3,4)5)54-64-57(60)50-48-46-44-42-40-38-36-34-32-30-27-25-23-21-19-17-15-13-11-9-7-2/h8,10,14,16,20,22,25-28,31,33,37,39,56H,6-7,9,11-13,15,17-19,21,23-24,29-30,32,34-36,38,40-55H2,1-5H3/p+1/b10-8-,16-14-,22-20-,27-25-,28-26-,33-31-,39-37-. The average molecular weight is 973 g/mol. The van der Waals surface area contributed by atoms with Crippen LogP contribution >= 0.6 is 7.82 Å². The van der Waals surface area contributed by atoms with E-state index in [9.17, 15) is 19.0 Å². The highest BCUT2D eigenvalue weighted by atomic mass is 31.2. The molecule has 0 fully saturated rings. The summed E-state index contributed by atoms with van der Waals surface area (Å²) in [6.45, 7) is 4.29. The van der Waals surface area contributed by atoms with Crippen LogP contribution in [0.25, 0.3) is 0 Å². The second kappa shape index (κ2) is 49.2. The van der Waals surface area contributed by atoms with Gasteiger partial charge in [-0.15, -0.1) is 0 Å². The molecule has 9 nitrogen and oxygen atoms in total. The molecule has 2 unspecified atom stereocenters. The van der Waals surface area contributed by atoms with E-state index in [1.54, 1.807) is 0 Å². The largest absolute Gasteiger partial charge is 0.472 e. The highest BCUT2D eigenvalue weighted by Crippen LogP contribution is 2.43. The summed E-state index contributed by atoms with van der Waals surface area (Å²) in [5.74, 6) is -0.831. The third kappa shape index (κ3) is 52.6. The maximum Gasteiger partial charge on any atom is 0.472 e. The van der Waals surface area contributed by atoms with Gasteiger partial charge in [-0.2, -0.15) is 0 Å². The summed E-state index contributed by atoms with van der Waals surface area (Å²) < 4.78 is 34.5. The summed E-state index contributed by atoms with van der Waals surface area (Å²) in [5, 5.41) is 0. The molecule has 68 heavy (non-hydrogen) atoms. The Morgan fingerprint density at radius 2 is 0.838 bits per heavy atom. The maximum absolute atomic E-state index is 12.8. The number of ether oxygens (including phenoxy) is 2. The summed E-state index contributed by atoms with van der Waals surface area (Å²) >= 11 is 0. The Morgan fingerprint density at radius 3 is 1.26 bits per heavy atom. The highest BCUT2D eigenvalue weighted by Gasteiger charge is 2.27. The number of carbonyl (C=O) groups excluding carboxylic acids is 2. The molecule has 0 bridgehead atoms. The zero-order valence-electron chi connectivity index (χ0n) is 44.3. The number of phosphoric ester groups is 1. The van der Waals surface area contributed by atoms with E-state index >= 15 is 0 Å². The molecule has 1 N–H and O–H groups in total. The van der Waals surface area contributed by atoms with E-state index in [1.165, 1.54) is 103 Å². The average Bonchev–Trinajstić information content (AvgIpc) is 3.30. The zero-order chi connectivity index (χ0) is 49.9. The van der Waals surface area contributed by atoms with Gasteiger partial charge in [0.1, 0.15) is 19.8 Å². The van der Waals surface area contributed by atoms with Crippen molar-refractivity contribution >= 4 is 19.8 Å². The van der Waals surface area contributed by atoms with Crippen molar-refractivity contribution < 1.29 is 42.1 Å². The molecule has 0 aliphatic carbocycles. The molecule has 0 amide bonds. The number of quaternary nitrogens is 1. The first-order chi connectivity index (χ1) is 33.0. The maximum atomic E-state index is 12.8. The van der Waals surface area contributed by atoms with Crippen LogP contribution in [0, 0.1) is 0 Å². The van der Waals surface area contributed by atoms with Gasteiger partial charge in [0.25, 0.3) is 0 Å². The summed E-state index contributed by atoms with van der Waals surface area (Å²) in [7, 11) is 1.45. The van der Waals surface area contributed by atoms with Crippen molar-refractivity contribution in [2.45, 2.75) is 225 Å². The zero-order valence-corrected chi connectivity index (χ0v) is 45.2. The topological polar surface area (TPSA) is 108 Å². The Bertz CT molecular complexity index is 1420. The normalized spacial score (nSPS) is 14.0. The van der Waals surface area contributed by atoms with Crippen molar-refractivity contribution in [1.82, 2.24) is 0 Å². The summed E-state index contributed by atoms with van der Waals surface area (Å²) in [6, 6.07) is 0. The van der Waals surface area contributed by atoms with Crippen LogP contribution in [0.5, 0.6) is 0 Å². The van der Waals surface area contributed by atoms with Crippen LogP contribution in [-0.2, 0) is 32.7 Å². The van der Waals surface area contributed by atoms with E-state index in [1.807, 2.05) is 21.1 Å². The van der Waals surface area contributed by atoms with Crippen molar-refractivity contribution in [2.24, 2.45) is 0 Å². The number of allylic oxidation sites excluding steroid dienone is 14. The predicted octanol–water partition coefficient (Wildman–Crippen LogP) is 16.7. The van der Waals surface area contributed by atoms with Crippen molar-refractivity contribution in [3.63, 3.8) is 0 Å². The number of likely N-dealkylation sites (N-methyl/N-ethyl adjacent to an activating group) is 1. The quantitative estimate of drug-likeness (QED) is 0.0211. The smallest absolute Gasteiger partial charge is 0.462 e. The number of esters is 2. The molecule has 0 saturated carbocycles. The lowest BCUT2D eigenvalue weighted by molar-refractivity contribution is -0.870. The molecule has 0 heterocycles. The van der Waals surface area contributed by atoms with Crippen LogP contribution in [-0.4, -0.2) is 74.9 Å². The molecule has 0 rings (SSSR count). The van der Waals surface area contributed by atoms with Crippen molar-refractivity contribution in [3.8, 4) is 0 Å². The van der Waals surface area contributed by atoms with E-state index in [0.29, 0.717) is 17.4 Å². The molecule has 10 heteroatoms.